The minimum atomic E-state index is -0.804. The van der Waals surface area contributed by atoms with Crippen LogP contribution in [0.15, 0.2) is 24.3 Å². The molecular formula is C14H21NO3. The maximum atomic E-state index is 11.8. The number of benzene rings is 1. The number of hydrogen-bond donors (Lipinski definition) is 1. The predicted molar refractivity (Wildman–Crippen MR) is 70.3 cm³/mol. The van der Waals surface area contributed by atoms with Crippen LogP contribution in [-0.2, 0) is 9.53 Å². The molecule has 0 fully saturated rings. The average Bonchev–Trinajstić information content (AvgIpc) is 2.37. The van der Waals surface area contributed by atoms with Gasteiger partial charge in [0, 0.05) is 11.6 Å². The van der Waals surface area contributed by atoms with Gasteiger partial charge in [0.25, 0.3) is 0 Å². The molecule has 1 aromatic carbocycles. The van der Waals surface area contributed by atoms with Crippen molar-refractivity contribution in [2.24, 2.45) is 11.1 Å². The molecule has 0 radical (unpaired) electrons. The van der Waals surface area contributed by atoms with Crippen LogP contribution < -0.4 is 10.5 Å². The van der Waals surface area contributed by atoms with Gasteiger partial charge in [0.15, 0.2) is 0 Å². The Morgan fingerprint density at radius 3 is 2.56 bits per heavy atom. The van der Waals surface area contributed by atoms with Gasteiger partial charge < -0.3 is 15.2 Å². The first kappa shape index (κ1) is 14.5. The molecule has 1 aromatic rings. The molecule has 0 aromatic heterocycles. The van der Waals surface area contributed by atoms with E-state index in [9.17, 15) is 4.79 Å². The number of esters is 1. The lowest BCUT2D eigenvalue weighted by Crippen LogP contribution is -2.37. The third-order valence-electron chi connectivity index (χ3n) is 3.04. The Morgan fingerprint density at radius 1 is 1.39 bits per heavy atom. The van der Waals surface area contributed by atoms with E-state index in [-0.39, 0.29) is 5.97 Å². The van der Waals surface area contributed by atoms with Crippen molar-refractivity contribution in [2.75, 3.05) is 13.7 Å². The number of carbonyl (C=O) groups excluding carboxylic acids is 1. The topological polar surface area (TPSA) is 61.5 Å². The van der Waals surface area contributed by atoms with Gasteiger partial charge in [-0.1, -0.05) is 18.2 Å². The van der Waals surface area contributed by atoms with Crippen molar-refractivity contribution < 1.29 is 14.3 Å². The maximum absolute atomic E-state index is 11.8. The van der Waals surface area contributed by atoms with E-state index < -0.39 is 11.5 Å². The molecule has 2 N–H and O–H groups in total. The number of methoxy groups -OCH3 is 1. The van der Waals surface area contributed by atoms with Gasteiger partial charge in [-0.25, -0.2) is 0 Å². The van der Waals surface area contributed by atoms with Crippen LogP contribution in [0.1, 0.15) is 32.4 Å². The largest absolute Gasteiger partial charge is 0.494 e. The van der Waals surface area contributed by atoms with Gasteiger partial charge in [-0.3, -0.25) is 4.79 Å². The van der Waals surface area contributed by atoms with Gasteiger partial charge in [-0.2, -0.15) is 0 Å². The second-order valence-corrected chi connectivity index (χ2v) is 4.66. The highest BCUT2D eigenvalue weighted by Crippen LogP contribution is 2.36. The van der Waals surface area contributed by atoms with Crippen molar-refractivity contribution in [3.8, 4) is 5.75 Å². The van der Waals surface area contributed by atoms with E-state index in [2.05, 4.69) is 0 Å². The Balaban J connectivity index is 3.10. The van der Waals surface area contributed by atoms with Crippen LogP contribution in [-0.4, -0.2) is 19.7 Å². The van der Waals surface area contributed by atoms with Crippen molar-refractivity contribution in [1.29, 1.82) is 0 Å². The summed E-state index contributed by atoms with van der Waals surface area (Å²) in [7, 11) is 1.37. The summed E-state index contributed by atoms with van der Waals surface area (Å²) in [6.45, 7) is 6.01. The van der Waals surface area contributed by atoms with Crippen molar-refractivity contribution in [3.63, 3.8) is 0 Å². The van der Waals surface area contributed by atoms with E-state index in [4.69, 9.17) is 15.2 Å². The fourth-order valence-electron chi connectivity index (χ4n) is 1.80. The van der Waals surface area contributed by atoms with Crippen LogP contribution >= 0.6 is 0 Å². The zero-order valence-electron chi connectivity index (χ0n) is 11.4. The summed E-state index contributed by atoms with van der Waals surface area (Å²) < 4.78 is 10.3. The third-order valence-corrected chi connectivity index (χ3v) is 3.04. The molecule has 0 aliphatic rings. The van der Waals surface area contributed by atoms with Gasteiger partial charge in [0.1, 0.15) is 5.75 Å². The second kappa shape index (κ2) is 5.87. The van der Waals surface area contributed by atoms with Gasteiger partial charge >= 0.3 is 5.97 Å². The number of para-hydroxylation sites is 1. The minimum absolute atomic E-state index is 0.332. The molecule has 4 nitrogen and oxygen atoms in total. The summed E-state index contributed by atoms with van der Waals surface area (Å²) >= 11 is 0. The summed E-state index contributed by atoms with van der Waals surface area (Å²) in [5.74, 6) is 0.380. The minimum Gasteiger partial charge on any atom is -0.494 e. The molecule has 0 unspecified atom stereocenters. The van der Waals surface area contributed by atoms with E-state index >= 15 is 0 Å². The van der Waals surface area contributed by atoms with Gasteiger partial charge in [-0.05, 0) is 26.8 Å². The van der Waals surface area contributed by atoms with Crippen LogP contribution in [0.3, 0.4) is 0 Å². The molecule has 100 valence electrons. The van der Waals surface area contributed by atoms with Gasteiger partial charge in [0.05, 0.1) is 19.1 Å². The molecule has 0 spiro atoms. The Kier molecular flexibility index (Phi) is 4.73. The molecule has 0 heterocycles. The van der Waals surface area contributed by atoms with Gasteiger partial charge in [-0.15, -0.1) is 0 Å². The summed E-state index contributed by atoms with van der Waals surface area (Å²) in [5.41, 5.74) is 6.21. The normalized spacial score (nSPS) is 12.9. The smallest absolute Gasteiger partial charge is 0.313 e. The first-order valence-corrected chi connectivity index (χ1v) is 6.00. The molecule has 0 saturated carbocycles. The van der Waals surface area contributed by atoms with Crippen LogP contribution in [0.25, 0.3) is 0 Å². The number of hydrogen-bond acceptors (Lipinski definition) is 4. The van der Waals surface area contributed by atoms with Crippen molar-refractivity contribution in [1.82, 2.24) is 0 Å². The van der Waals surface area contributed by atoms with Crippen molar-refractivity contribution in [2.45, 2.75) is 26.8 Å². The standard InChI is InChI=1S/C14H21NO3/c1-5-18-11-9-7-6-8-10(11)12(15)14(2,3)13(16)17-4/h6-9,12H,5,15H2,1-4H3/t12-/m0/s1. The quantitative estimate of drug-likeness (QED) is 0.816. The number of carbonyl (C=O) groups is 1. The fourth-order valence-corrected chi connectivity index (χ4v) is 1.80. The Bertz CT molecular complexity index is 415. The van der Waals surface area contributed by atoms with Crippen LogP contribution in [0, 0.1) is 5.41 Å². The predicted octanol–water partition coefficient (Wildman–Crippen LogP) is 2.28. The summed E-state index contributed by atoms with van der Waals surface area (Å²) in [6, 6.07) is 7.01. The first-order chi connectivity index (χ1) is 8.45. The van der Waals surface area contributed by atoms with E-state index in [1.807, 2.05) is 31.2 Å². The number of rotatable bonds is 5. The number of ether oxygens (including phenoxy) is 2. The fraction of sp³-hybridized carbons (Fsp3) is 0.500. The molecule has 1 atom stereocenters. The zero-order valence-corrected chi connectivity index (χ0v) is 11.4. The Morgan fingerprint density at radius 2 is 2.00 bits per heavy atom. The molecule has 0 amide bonds. The number of nitrogens with two attached hydrogens (primary N) is 1. The molecule has 1 rings (SSSR count). The lowest BCUT2D eigenvalue weighted by molar-refractivity contribution is -0.152. The third kappa shape index (κ3) is 2.82. The van der Waals surface area contributed by atoms with Crippen molar-refractivity contribution in [3.05, 3.63) is 29.8 Å². The van der Waals surface area contributed by atoms with Gasteiger partial charge in [0.2, 0.25) is 0 Å². The van der Waals surface area contributed by atoms with E-state index in [1.54, 1.807) is 13.8 Å². The highest BCUT2D eigenvalue weighted by molar-refractivity contribution is 5.77. The summed E-state index contributed by atoms with van der Waals surface area (Å²) in [5, 5.41) is 0. The Labute approximate surface area is 108 Å². The molecule has 0 saturated heterocycles. The molecule has 4 heteroatoms. The van der Waals surface area contributed by atoms with E-state index in [0.717, 1.165) is 5.56 Å². The lowest BCUT2D eigenvalue weighted by atomic mass is 9.80. The molecule has 0 aliphatic carbocycles. The Hall–Kier alpha value is -1.55. The molecule has 0 aliphatic heterocycles. The monoisotopic (exact) mass is 251 g/mol. The highest BCUT2D eigenvalue weighted by atomic mass is 16.5. The van der Waals surface area contributed by atoms with Crippen LogP contribution in [0.2, 0.25) is 0 Å². The van der Waals surface area contributed by atoms with Crippen LogP contribution in [0.5, 0.6) is 5.75 Å². The molecule has 18 heavy (non-hydrogen) atoms. The van der Waals surface area contributed by atoms with Crippen molar-refractivity contribution >= 4 is 5.97 Å². The van der Waals surface area contributed by atoms with E-state index in [0.29, 0.717) is 12.4 Å². The van der Waals surface area contributed by atoms with E-state index in [1.165, 1.54) is 7.11 Å². The molecular weight excluding hydrogens is 230 g/mol. The SMILES string of the molecule is CCOc1ccccc1[C@H](N)C(C)(C)C(=O)OC. The highest BCUT2D eigenvalue weighted by Gasteiger charge is 2.37. The maximum Gasteiger partial charge on any atom is 0.313 e. The lowest BCUT2D eigenvalue weighted by Gasteiger charge is -2.30. The zero-order chi connectivity index (χ0) is 13.8. The molecule has 0 bridgehead atoms. The summed E-state index contributed by atoms with van der Waals surface area (Å²) in [4.78, 5) is 11.8. The summed E-state index contributed by atoms with van der Waals surface area (Å²) in [6.07, 6.45) is 0. The average molecular weight is 251 g/mol. The second-order valence-electron chi connectivity index (χ2n) is 4.66. The van der Waals surface area contributed by atoms with Crippen LogP contribution in [0.4, 0.5) is 0 Å². The first-order valence-electron chi connectivity index (χ1n) is 6.00.